The molecule has 4 fully saturated rings. The molecule has 4 aliphatic rings. The summed E-state index contributed by atoms with van der Waals surface area (Å²) in [6.45, 7) is 25.4. The molecule has 6 N–H and O–H groups in total. The van der Waals surface area contributed by atoms with Crippen LogP contribution in [-0.4, -0.2) is 187 Å². The van der Waals surface area contributed by atoms with Gasteiger partial charge in [0.25, 0.3) is 0 Å². The number of nitrogens with one attached hydrogen (secondary N) is 6. The molecule has 4 rings (SSSR count). The first kappa shape index (κ1) is 28.5. The molecule has 4 aliphatic heterocycles. The largest absolute Gasteiger partial charge is 0.303 e. The molecule has 0 radical (unpaired) electrons. The van der Waals surface area contributed by atoms with Gasteiger partial charge >= 0.3 is 0 Å². The van der Waals surface area contributed by atoms with E-state index in [-0.39, 0.29) is 0 Å². The molecule has 0 amide bonds. The minimum absolute atomic E-state index is 0.885. The molecule has 0 atom stereocenters. The molecule has 0 aromatic rings. The van der Waals surface area contributed by atoms with Crippen molar-refractivity contribution in [2.45, 2.75) is 0 Å². The summed E-state index contributed by atoms with van der Waals surface area (Å²) in [6, 6.07) is 0. The van der Waals surface area contributed by atoms with Crippen molar-refractivity contribution in [3.05, 3.63) is 0 Å². The Morgan fingerprint density at radius 2 is 0.472 bits per heavy atom. The van der Waals surface area contributed by atoms with Crippen molar-refractivity contribution in [1.82, 2.24) is 61.3 Å². The average molecular weight is 511 g/mol. The van der Waals surface area contributed by atoms with Crippen LogP contribution in [0.2, 0.25) is 0 Å². The van der Waals surface area contributed by atoms with E-state index in [2.05, 4.69) is 61.3 Å². The highest BCUT2D eigenvalue weighted by atomic mass is 15.5. The van der Waals surface area contributed by atoms with E-state index >= 15 is 0 Å². The molecule has 0 aliphatic carbocycles. The fourth-order valence-electron chi connectivity index (χ4n) is 5.48. The molecule has 4 saturated heterocycles. The van der Waals surface area contributed by atoms with E-state index in [9.17, 15) is 0 Å². The van der Waals surface area contributed by atoms with Crippen molar-refractivity contribution in [3.8, 4) is 0 Å². The van der Waals surface area contributed by atoms with Gasteiger partial charge < -0.3 is 31.9 Å². The molecular formula is C24H54N12. The number of nitrogens with zero attached hydrogens (tertiary/aromatic N) is 6. The SMILES string of the molecule is C1CN2CCNCNCCN3CCNCNCCN(CCNCN1)CCN1CN(CC2)CN(CC3)C1. The highest BCUT2D eigenvalue weighted by Gasteiger charge is 2.24. The molecule has 36 heavy (non-hydrogen) atoms. The summed E-state index contributed by atoms with van der Waals surface area (Å²) in [4.78, 5) is 15.9. The summed E-state index contributed by atoms with van der Waals surface area (Å²) in [5, 5.41) is 21.7. The Balaban J connectivity index is 1.48. The number of hydrogen-bond donors (Lipinski definition) is 6. The Kier molecular flexibility index (Phi) is 13.6. The van der Waals surface area contributed by atoms with Gasteiger partial charge in [0.15, 0.2) is 0 Å². The van der Waals surface area contributed by atoms with Gasteiger partial charge in [-0.3, -0.25) is 29.4 Å². The first-order valence-corrected chi connectivity index (χ1v) is 14.4. The maximum atomic E-state index is 3.61. The molecule has 0 saturated carbocycles. The third-order valence-corrected chi connectivity index (χ3v) is 7.78. The Morgan fingerprint density at radius 3 is 0.722 bits per heavy atom. The highest BCUT2D eigenvalue weighted by molar-refractivity contribution is 4.76. The second-order valence-electron chi connectivity index (χ2n) is 10.7. The lowest BCUT2D eigenvalue weighted by molar-refractivity contribution is -0.0384. The van der Waals surface area contributed by atoms with Crippen LogP contribution in [0.4, 0.5) is 0 Å². The molecule has 12 nitrogen and oxygen atoms in total. The van der Waals surface area contributed by atoms with Gasteiger partial charge in [-0.05, 0) is 0 Å². The summed E-state index contributed by atoms with van der Waals surface area (Å²) in [7, 11) is 0. The molecule has 210 valence electrons. The van der Waals surface area contributed by atoms with E-state index in [0.29, 0.717) is 0 Å². The standard InChI is InChI=1S/C24H54N12/c1-7-31-8-2-27-20-28-5-11-33-12-6-30-21-29-4-10-32(9-3-26-19-25-1)14-17-35-22-34(16-13-31)23-36(24-35)18-15-33/h25-30H,1-24H2. The van der Waals surface area contributed by atoms with Gasteiger partial charge in [0.05, 0.1) is 20.0 Å². The van der Waals surface area contributed by atoms with E-state index in [1.807, 2.05) is 0 Å². The lowest BCUT2D eigenvalue weighted by Crippen LogP contribution is -2.59. The lowest BCUT2D eigenvalue weighted by atomic mass is 10.3. The third kappa shape index (κ3) is 11.1. The average Bonchev–Trinajstić information content (AvgIpc) is 2.88. The van der Waals surface area contributed by atoms with E-state index in [4.69, 9.17) is 0 Å². The second-order valence-corrected chi connectivity index (χ2v) is 10.7. The van der Waals surface area contributed by atoms with Crippen molar-refractivity contribution < 1.29 is 0 Å². The quantitative estimate of drug-likeness (QED) is 0.193. The van der Waals surface area contributed by atoms with E-state index in [1.165, 1.54) is 0 Å². The lowest BCUT2D eigenvalue weighted by Gasteiger charge is -2.44. The Bertz CT molecular complexity index is 463. The van der Waals surface area contributed by atoms with E-state index in [1.54, 1.807) is 0 Å². The monoisotopic (exact) mass is 510 g/mol. The number of hydrogen-bond acceptors (Lipinski definition) is 12. The van der Waals surface area contributed by atoms with E-state index < -0.39 is 0 Å². The Hall–Kier alpha value is -0.480. The van der Waals surface area contributed by atoms with E-state index in [0.717, 1.165) is 158 Å². The van der Waals surface area contributed by atoms with Crippen LogP contribution in [0.5, 0.6) is 0 Å². The molecule has 12 heteroatoms. The fraction of sp³-hybridized carbons (Fsp3) is 1.00. The molecular weight excluding hydrogens is 456 g/mol. The predicted octanol–water partition coefficient (Wildman–Crippen LogP) is -3.86. The summed E-state index contributed by atoms with van der Waals surface area (Å²) in [6.07, 6.45) is 0. The fourth-order valence-corrected chi connectivity index (χ4v) is 5.48. The Labute approximate surface area is 219 Å². The summed E-state index contributed by atoms with van der Waals surface area (Å²) in [5.41, 5.74) is 0. The van der Waals surface area contributed by atoms with Crippen LogP contribution < -0.4 is 31.9 Å². The van der Waals surface area contributed by atoms with Crippen molar-refractivity contribution >= 4 is 0 Å². The van der Waals surface area contributed by atoms with Gasteiger partial charge in [0.2, 0.25) is 0 Å². The molecule has 0 aromatic heterocycles. The smallest absolute Gasteiger partial charge is 0.0531 e. The zero-order valence-electron chi connectivity index (χ0n) is 22.7. The van der Waals surface area contributed by atoms with Gasteiger partial charge in [-0.25, -0.2) is 0 Å². The van der Waals surface area contributed by atoms with Crippen molar-refractivity contribution in [1.29, 1.82) is 0 Å². The summed E-state index contributed by atoms with van der Waals surface area (Å²) < 4.78 is 0. The highest BCUT2D eigenvalue weighted by Crippen LogP contribution is 2.09. The van der Waals surface area contributed by atoms with Crippen LogP contribution in [-0.2, 0) is 0 Å². The van der Waals surface area contributed by atoms with Gasteiger partial charge in [-0.15, -0.1) is 0 Å². The van der Waals surface area contributed by atoms with Crippen molar-refractivity contribution in [2.24, 2.45) is 0 Å². The van der Waals surface area contributed by atoms with Gasteiger partial charge in [0, 0.05) is 138 Å². The maximum Gasteiger partial charge on any atom is 0.0531 e. The minimum atomic E-state index is 0.885. The van der Waals surface area contributed by atoms with Crippen LogP contribution in [0.15, 0.2) is 0 Å². The summed E-state index contributed by atoms with van der Waals surface area (Å²) in [5.74, 6) is 0. The van der Waals surface area contributed by atoms with Crippen molar-refractivity contribution in [2.75, 3.05) is 158 Å². The van der Waals surface area contributed by atoms with Gasteiger partial charge in [-0.1, -0.05) is 0 Å². The first-order chi connectivity index (χ1) is 17.8. The molecule has 0 unspecified atom stereocenters. The van der Waals surface area contributed by atoms with Crippen LogP contribution in [0.25, 0.3) is 0 Å². The Morgan fingerprint density at radius 1 is 0.250 bits per heavy atom. The minimum Gasteiger partial charge on any atom is -0.303 e. The van der Waals surface area contributed by atoms with Crippen molar-refractivity contribution in [3.63, 3.8) is 0 Å². The normalized spacial score (nSPS) is 38.0. The number of fused-ring (bicyclic) bond motifs is 6. The van der Waals surface area contributed by atoms with Gasteiger partial charge in [0.1, 0.15) is 0 Å². The number of rotatable bonds is 0. The van der Waals surface area contributed by atoms with Crippen LogP contribution >= 0.6 is 0 Å². The zero-order valence-corrected chi connectivity index (χ0v) is 22.7. The molecule has 4 heterocycles. The van der Waals surface area contributed by atoms with Crippen LogP contribution in [0, 0.1) is 0 Å². The zero-order chi connectivity index (χ0) is 24.7. The third-order valence-electron chi connectivity index (χ3n) is 7.78. The summed E-state index contributed by atoms with van der Waals surface area (Å²) >= 11 is 0. The maximum absolute atomic E-state index is 3.61. The van der Waals surface area contributed by atoms with Gasteiger partial charge in [-0.2, -0.15) is 0 Å². The molecule has 0 aromatic carbocycles. The second kappa shape index (κ2) is 17.2. The van der Waals surface area contributed by atoms with Crippen LogP contribution in [0.3, 0.4) is 0 Å². The molecule has 0 spiro atoms. The van der Waals surface area contributed by atoms with Crippen LogP contribution in [0.1, 0.15) is 0 Å². The first-order valence-electron chi connectivity index (χ1n) is 14.4. The predicted molar refractivity (Wildman–Crippen MR) is 147 cm³/mol. The molecule has 6 bridgehead atoms. The topological polar surface area (TPSA) is 91.6 Å².